The average molecular weight is 469 g/mol. The minimum absolute atomic E-state index is 0.00775. The zero-order chi connectivity index (χ0) is 24.3. The Morgan fingerprint density at radius 2 is 1.74 bits per heavy atom. The summed E-state index contributed by atoms with van der Waals surface area (Å²) < 4.78 is 24.8. The number of piperidine rings is 1. The van der Waals surface area contributed by atoms with Crippen LogP contribution in [0.3, 0.4) is 0 Å². The van der Waals surface area contributed by atoms with Crippen molar-refractivity contribution in [2.24, 2.45) is 5.92 Å². The average Bonchev–Trinajstić information content (AvgIpc) is 2.81. The molecular weight excluding hydrogens is 435 g/mol. The number of nitrogens with zero attached hydrogens (tertiary/aromatic N) is 2. The van der Waals surface area contributed by atoms with Crippen LogP contribution in [0.1, 0.15) is 49.5 Å². The van der Waals surface area contributed by atoms with Crippen LogP contribution in [0.25, 0.3) is 0 Å². The van der Waals surface area contributed by atoms with Gasteiger partial charge in [0.2, 0.25) is 5.91 Å². The van der Waals surface area contributed by atoms with Crippen molar-refractivity contribution in [2.75, 3.05) is 32.8 Å². The summed E-state index contributed by atoms with van der Waals surface area (Å²) in [5.74, 6) is 1.06. The van der Waals surface area contributed by atoms with Crippen LogP contribution in [-0.2, 0) is 11.3 Å². The Kier molecular flexibility index (Phi) is 7.22. The Hall–Kier alpha value is -2.93. The number of carbonyl (C=O) groups excluding carboxylic acids is 2. The molecule has 2 aliphatic heterocycles. The number of fused-ring (bicyclic) bond motifs is 1. The molecule has 2 heterocycles. The van der Waals surface area contributed by atoms with Crippen molar-refractivity contribution in [3.05, 3.63) is 59.4 Å². The summed E-state index contributed by atoms with van der Waals surface area (Å²) in [5, 5.41) is 0. The Morgan fingerprint density at radius 3 is 2.41 bits per heavy atom. The third-order valence-corrected chi connectivity index (χ3v) is 6.48. The van der Waals surface area contributed by atoms with Gasteiger partial charge in [-0.25, -0.2) is 4.39 Å². The quantitative estimate of drug-likeness (QED) is 0.591. The Morgan fingerprint density at radius 1 is 1.03 bits per heavy atom. The van der Waals surface area contributed by atoms with Crippen molar-refractivity contribution in [1.82, 2.24) is 9.80 Å². The van der Waals surface area contributed by atoms with Crippen LogP contribution in [0.4, 0.5) is 4.39 Å². The first-order chi connectivity index (χ1) is 16.2. The molecule has 182 valence electrons. The van der Waals surface area contributed by atoms with Gasteiger partial charge in [-0.2, -0.15) is 0 Å². The summed E-state index contributed by atoms with van der Waals surface area (Å²) >= 11 is 0. The molecule has 2 aromatic rings. The Labute approximate surface area is 200 Å². The third kappa shape index (κ3) is 5.76. The maximum atomic E-state index is 13.6. The van der Waals surface area contributed by atoms with Gasteiger partial charge in [0, 0.05) is 23.6 Å². The summed E-state index contributed by atoms with van der Waals surface area (Å²) in [7, 11) is 0. The standard InChI is InChI=1S/C27H33FN2O4/c1-27(2,3)30(17-19-5-4-6-22(28)15-19)25(31)18-29-11-9-20(10-12-29)26(32)21-7-8-23-24(16-21)34-14-13-33-23/h4-8,15-16,20H,9-14,17-18H2,1-3H3. The minimum Gasteiger partial charge on any atom is -0.486 e. The number of amides is 1. The van der Waals surface area contributed by atoms with E-state index >= 15 is 0 Å². The molecule has 0 unspecified atom stereocenters. The normalized spacial score (nSPS) is 16.8. The number of hydrogen-bond acceptors (Lipinski definition) is 5. The van der Waals surface area contributed by atoms with E-state index < -0.39 is 5.54 Å². The molecule has 0 aromatic heterocycles. The van der Waals surface area contributed by atoms with Gasteiger partial charge in [0.05, 0.1) is 6.54 Å². The number of hydrogen-bond donors (Lipinski definition) is 0. The van der Waals surface area contributed by atoms with E-state index in [2.05, 4.69) is 4.90 Å². The molecule has 1 saturated heterocycles. The molecule has 6 nitrogen and oxygen atoms in total. The third-order valence-electron chi connectivity index (χ3n) is 6.48. The fourth-order valence-electron chi connectivity index (χ4n) is 4.58. The fourth-order valence-corrected chi connectivity index (χ4v) is 4.58. The summed E-state index contributed by atoms with van der Waals surface area (Å²) in [6, 6.07) is 11.8. The van der Waals surface area contributed by atoms with E-state index in [1.807, 2.05) is 26.8 Å². The molecule has 0 atom stereocenters. The molecule has 1 amide bonds. The SMILES string of the molecule is CC(C)(C)N(Cc1cccc(F)c1)C(=O)CN1CCC(C(=O)c2ccc3c(c2)OCCO3)CC1. The molecule has 4 rings (SSSR count). The number of ether oxygens (including phenoxy) is 2. The van der Waals surface area contributed by atoms with E-state index in [1.165, 1.54) is 12.1 Å². The lowest BCUT2D eigenvalue weighted by Gasteiger charge is -2.38. The van der Waals surface area contributed by atoms with Gasteiger partial charge in [0.15, 0.2) is 17.3 Å². The van der Waals surface area contributed by atoms with Gasteiger partial charge < -0.3 is 14.4 Å². The van der Waals surface area contributed by atoms with Crippen LogP contribution in [0.5, 0.6) is 11.5 Å². The zero-order valence-corrected chi connectivity index (χ0v) is 20.2. The number of benzene rings is 2. The van der Waals surface area contributed by atoms with E-state index in [-0.39, 0.29) is 30.0 Å². The maximum Gasteiger partial charge on any atom is 0.237 e. The zero-order valence-electron chi connectivity index (χ0n) is 20.2. The molecule has 0 bridgehead atoms. The monoisotopic (exact) mass is 468 g/mol. The van der Waals surface area contributed by atoms with E-state index in [4.69, 9.17) is 9.47 Å². The second-order valence-corrected chi connectivity index (χ2v) is 10.1. The molecule has 2 aromatic carbocycles. The van der Waals surface area contributed by atoms with Crippen molar-refractivity contribution in [2.45, 2.75) is 45.7 Å². The first-order valence-electron chi connectivity index (χ1n) is 11.9. The van der Waals surface area contributed by atoms with Crippen molar-refractivity contribution in [3.8, 4) is 11.5 Å². The predicted molar refractivity (Wildman–Crippen MR) is 128 cm³/mol. The highest BCUT2D eigenvalue weighted by atomic mass is 19.1. The lowest BCUT2D eigenvalue weighted by Crippen LogP contribution is -2.50. The van der Waals surface area contributed by atoms with Crippen LogP contribution in [-0.4, -0.2) is 59.9 Å². The Bertz CT molecular complexity index is 1040. The molecule has 0 saturated carbocycles. The minimum atomic E-state index is -0.393. The highest BCUT2D eigenvalue weighted by molar-refractivity contribution is 5.98. The van der Waals surface area contributed by atoms with Gasteiger partial charge in [0.25, 0.3) is 0 Å². The lowest BCUT2D eigenvalue weighted by molar-refractivity contribution is -0.138. The van der Waals surface area contributed by atoms with Gasteiger partial charge >= 0.3 is 0 Å². The summed E-state index contributed by atoms with van der Waals surface area (Å²) in [4.78, 5) is 30.2. The van der Waals surface area contributed by atoms with Crippen LogP contribution in [0.15, 0.2) is 42.5 Å². The first-order valence-corrected chi connectivity index (χ1v) is 11.9. The molecular formula is C27H33FN2O4. The molecule has 0 radical (unpaired) electrons. The van der Waals surface area contributed by atoms with Crippen molar-refractivity contribution in [1.29, 1.82) is 0 Å². The summed E-state index contributed by atoms with van der Waals surface area (Å²) in [6.07, 6.45) is 1.42. The molecule has 34 heavy (non-hydrogen) atoms. The number of Topliss-reactive ketones (excluding diaryl/α,β-unsaturated/α-hetero) is 1. The number of likely N-dealkylation sites (tertiary alicyclic amines) is 1. The maximum absolute atomic E-state index is 13.6. The van der Waals surface area contributed by atoms with Crippen LogP contribution in [0, 0.1) is 11.7 Å². The van der Waals surface area contributed by atoms with Crippen molar-refractivity contribution in [3.63, 3.8) is 0 Å². The van der Waals surface area contributed by atoms with E-state index in [9.17, 15) is 14.0 Å². The van der Waals surface area contributed by atoms with E-state index in [0.717, 1.165) is 5.56 Å². The number of carbonyl (C=O) groups is 2. The van der Waals surface area contributed by atoms with Crippen molar-refractivity contribution >= 4 is 11.7 Å². The highest BCUT2D eigenvalue weighted by Gasteiger charge is 2.31. The molecule has 7 heteroatoms. The van der Waals surface area contributed by atoms with Gasteiger partial charge in [-0.05, 0) is 82.6 Å². The van der Waals surface area contributed by atoms with E-state index in [1.54, 1.807) is 29.2 Å². The van der Waals surface area contributed by atoms with Crippen LogP contribution >= 0.6 is 0 Å². The number of rotatable bonds is 6. The first kappa shape index (κ1) is 24.2. The summed E-state index contributed by atoms with van der Waals surface area (Å²) in [5.41, 5.74) is 1.02. The van der Waals surface area contributed by atoms with Crippen LogP contribution < -0.4 is 9.47 Å². The topological polar surface area (TPSA) is 59.1 Å². The molecule has 0 spiro atoms. The predicted octanol–water partition coefficient (Wildman–Crippen LogP) is 4.32. The van der Waals surface area contributed by atoms with E-state index in [0.29, 0.717) is 62.8 Å². The van der Waals surface area contributed by atoms with Gasteiger partial charge in [-0.15, -0.1) is 0 Å². The Balaban J connectivity index is 1.34. The smallest absolute Gasteiger partial charge is 0.237 e. The molecule has 0 N–H and O–H groups in total. The fraction of sp³-hybridized carbons (Fsp3) is 0.481. The van der Waals surface area contributed by atoms with Gasteiger partial charge in [-0.3, -0.25) is 14.5 Å². The van der Waals surface area contributed by atoms with Crippen molar-refractivity contribution < 1.29 is 23.5 Å². The largest absolute Gasteiger partial charge is 0.486 e. The van der Waals surface area contributed by atoms with Gasteiger partial charge in [-0.1, -0.05) is 12.1 Å². The van der Waals surface area contributed by atoms with Crippen LogP contribution in [0.2, 0.25) is 0 Å². The highest BCUT2D eigenvalue weighted by Crippen LogP contribution is 2.32. The molecule has 2 aliphatic rings. The molecule has 1 fully saturated rings. The number of halogens is 1. The second kappa shape index (κ2) is 10.1. The summed E-state index contributed by atoms with van der Waals surface area (Å²) in [6.45, 7) is 8.99. The number of ketones is 1. The molecule has 0 aliphatic carbocycles. The second-order valence-electron chi connectivity index (χ2n) is 10.1. The van der Waals surface area contributed by atoms with Gasteiger partial charge in [0.1, 0.15) is 19.0 Å². The lowest BCUT2D eigenvalue weighted by atomic mass is 9.88.